The summed E-state index contributed by atoms with van der Waals surface area (Å²) in [6.45, 7) is 2.02. The molecule has 0 bridgehead atoms. The molecule has 0 atom stereocenters. The van der Waals surface area contributed by atoms with E-state index < -0.39 is 5.97 Å². The van der Waals surface area contributed by atoms with E-state index in [-0.39, 0.29) is 13.2 Å². The van der Waals surface area contributed by atoms with Crippen molar-refractivity contribution in [1.29, 1.82) is 0 Å². The van der Waals surface area contributed by atoms with Crippen LogP contribution in [0.4, 0.5) is 0 Å². The zero-order valence-corrected chi connectivity index (χ0v) is 9.31. The van der Waals surface area contributed by atoms with Gasteiger partial charge in [0.1, 0.15) is 6.61 Å². The fourth-order valence-corrected chi connectivity index (χ4v) is 0.921. The van der Waals surface area contributed by atoms with Crippen LogP contribution in [0, 0.1) is 0 Å². The second-order valence-corrected chi connectivity index (χ2v) is 3.11. The fourth-order valence-electron chi connectivity index (χ4n) is 0.921. The first-order chi connectivity index (χ1) is 7.18. The summed E-state index contributed by atoms with van der Waals surface area (Å²) < 4.78 is 0. The molecule has 0 aromatic carbocycles. The van der Waals surface area contributed by atoms with Crippen molar-refractivity contribution in [3.63, 3.8) is 0 Å². The highest BCUT2D eigenvalue weighted by atomic mass is 17.1. The van der Waals surface area contributed by atoms with E-state index in [1.807, 2.05) is 0 Å². The molecule has 0 radical (unpaired) electrons. The molecule has 0 saturated carbocycles. The van der Waals surface area contributed by atoms with Gasteiger partial charge in [-0.3, -0.25) is 10.1 Å². The highest BCUT2D eigenvalue weighted by molar-refractivity contribution is 5.66. The molecule has 92 valence electrons. The molecule has 0 rings (SSSR count). The predicted octanol–water partition coefficient (Wildman–Crippen LogP) is 1.90. The van der Waals surface area contributed by atoms with Gasteiger partial charge in [0.2, 0.25) is 0 Å². The first kappa shape index (κ1) is 16.8. The summed E-state index contributed by atoms with van der Waals surface area (Å²) in [6, 6.07) is 0. The average molecular weight is 222 g/mol. The number of hydrogen-bond acceptors (Lipinski definition) is 4. The molecular formula is C10H22O5. The van der Waals surface area contributed by atoms with Crippen LogP contribution in [0.5, 0.6) is 0 Å². The molecule has 5 heteroatoms. The Bertz CT molecular complexity index is 125. The lowest BCUT2D eigenvalue weighted by Gasteiger charge is -1.95. The number of aliphatic hydroxyl groups excluding tert-OH is 1. The van der Waals surface area contributed by atoms with E-state index in [4.69, 9.17) is 15.5 Å². The average Bonchev–Trinajstić information content (AvgIpc) is 2.19. The van der Waals surface area contributed by atoms with Crippen LogP contribution in [0.3, 0.4) is 0 Å². The number of aliphatic carboxylic acids is 1. The highest BCUT2D eigenvalue weighted by Gasteiger charge is 1.94. The van der Waals surface area contributed by atoms with Gasteiger partial charge in [0.25, 0.3) is 0 Å². The van der Waals surface area contributed by atoms with Crippen LogP contribution in [0.2, 0.25) is 0 Å². The molecule has 0 unspecified atom stereocenters. The summed E-state index contributed by atoms with van der Waals surface area (Å²) in [5.41, 5.74) is 0. The highest BCUT2D eigenvalue weighted by Crippen LogP contribution is 2.04. The molecule has 0 aliphatic rings. The van der Waals surface area contributed by atoms with Gasteiger partial charge in [-0.15, -0.1) is 0 Å². The minimum Gasteiger partial charge on any atom is -0.481 e. The quantitative estimate of drug-likeness (QED) is 0.331. The van der Waals surface area contributed by atoms with Crippen molar-refractivity contribution in [2.75, 3.05) is 13.2 Å². The second-order valence-electron chi connectivity index (χ2n) is 3.11. The Balaban J connectivity index is 0. The maximum atomic E-state index is 10.0. The molecule has 15 heavy (non-hydrogen) atoms. The topological polar surface area (TPSA) is 87.0 Å². The van der Waals surface area contributed by atoms with Gasteiger partial charge in [0.15, 0.2) is 0 Å². The number of rotatable bonds is 8. The summed E-state index contributed by atoms with van der Waals surface area (Å²) >= 11 is 0. The van der Waals surface area contributed by atoms with E-state index in [1.54, 1.807) is 0 Å². The van der Waals surface area contributed by atoms with Crippen molar-refractivity contribution < 1.29 is 25.2 Å². The minimum atomic E-state index is -0.670. The Morgan fingerprint density at radius 3 is 2.13 bits per heavy atom. The predicted molar refractivity (Wildman–Crippen MR) is 56.7 cm³/mol. The number of aliphatic hydroxyl groups is 1. The maximum Gasteiger partial charge on any atom is 0.303 e. The van der Waals surface area contributed by atoms with Crippen molar-refractivity contribution in [2.45, 2.75) is 45.4 Å². The van der Waals surface area contributed by atoms with Crippen molar-refractivity contribution in [2.24, 2.45) is 0 Å². The number of carboxylic acid groups (broad SMARTS) is 1. The Morgan fingerprint density at radius 1 is 1.20 bits per heavy atom. The number of carboxylic acids is 1. The molecule has 0 amide bonds. The van der Waals surface area contributed by atoms with Gasteiger partial charge in [-0.05, 0) is 6.42 Å². The Kier molecular flexibility index (Phi) is 17.7. The molecule has 5 nitrogen and oxygen atoms in total. The maximum absolute atomic E-state index is 10.0. The van der Waals surface area contributed by atoms with E-state index >= 15 is 0 Å². The monoisotopic (exact) mass is 222 g/mol. The lowest BCUT2D eigenvalue weighted by Crippen LogP contribution is -1.93. The zero-order valence-electron chi connectivity index (χ0n) is 9.31. The molecule has 0 aliphatic heterocycles. The van der Waals surface area contributed by atoms with Gasteiger partial charge in [-0.1, -0.05) is 32.6 Å². The molecule has 0 aliphatic carbocycles. The van der Waals surface area contributed by atoms with Gasteiger partial charge >= 0.3 is 5.97 Å². The van der Waals surface area contributed by atoms with Crippen molar-refractivity contribution in [3.8, 4) is 0 Å². The number of carbonyl (C=O) groups is 1. The second kappa shape index (κ2) is 15.8. The molecule has 0 heterocycles. The number of hydrogen-bond donors (Lipinski definition) is 3. The first-order valence-electron chi connectivity index (χ1n) is 5.28. The Labute approximate surface area is 90.6 Å². The van der Waals surface area contributed by atoms with E-state index in [1.165, 1.54) is 19.3 Å². The van der Waals surface area contributed by atoms with Crippen LogP contribution >= 0.6 is 0 Å². The fraction of sp³-hybridized carbons (Fsp3) is 0.900. The number of unbranched alkanes of at least 4 members (excludes halogenated alkanes) is 4. The molecule has 0 aromatic heterocycles. The van der Waals surface area contributed by atoms with Gasteiger partial charge < -0.3 is 10.2 Å². The van der Waals surface area contributed by atoms with Crippen LogP contribution in [-0.2, 0) is 9.68 Å². The van der Waals surface area contributed by atoms with Crippen molar-refractivity contribution in [3.05, 3.63) is 0 Å². The van der Waals surface area contributed by atoms with E-state index in [9.17, 15) is 4.79 Å². The molecule has 0 aromatic rings. The van der Waals surface area contributed by atoms with Gasteiger partial charge in [0.05, 0.1) is 6.61 Å². The van der Waals surface area contributed by atoms with Crippen LogP contribution < -0.4 is 0 Å². The molecule has 0 spiro atoms. The summed E-state index contributed by atoms with van der Waals surface area (Å²) in [7, 11) is 0. The third-order valence-corrected chi connectivity index (χ3v) is 1.68. The smallest absolute Gasteiger partial charge is 0.303 e. The summed E-state index contributed by atoms with van der Waals surface area (Å²) in [4.78, 5) is 13.5. The van der Waals surface area contributed by atoms with Crippen molar-refractivity contribution in [1.82, 2.24) is 0 Å². The van der Waals surface area contributed by atoms with Crippen LogP contribution in [0.15, 0.2) is 0 Å². The SMILES string of the molecule is CCCCCCCC(=O)O.OCCOO. The normalized spacial score (nSPS) is 9.27. The van der Waals surface area contributed by atoms with Crippen LogP contribution in [0.25, 0.3) is 0 Å². The summed E-state index contributed by atoms with van der Waals surface area (Å²) in [5.74, 6) is -0.670. The van der Waals surface area contributed by atoms with Crippen LogP contribution in [-0.4, -0.2) is 34.7 Å². The Hall–Kier alpha value is -0.650. The van der Waals surface area contributed by atoms with Gasteiger partial charge in [-0.2, -0.15) is 0 Å². The molecule has 3 N–H and O–H groups in total. The lowest BCUT2D eigenvalue weighted by molar-refractivity contribution is -0.246. The van der Waals surface area contributed by atoms with E-state index in [2.05, 4.69) is 11.8 Å². The molecular weight excluding hydrogens is 200 g/mol. The van der Waals surface area contributed by atoms with Gasteiger partial charge in [-0.25, -0.2) is 4.89 Å². The van der Waals surface area contributed by atoms with Crippen molar-refractivity contribution >= 4 is 5.97 Å². The first-order valence-corrected chi connectivity index (χ1v) is 5.28. The lowest BCUT2D eigenvalue weighted by atomic mass is 10.1. The Morgan fingerprint density at radius 2 is 1.80 bits per heavy atom. The molecule has 0 fully saturated rings. The third-order valence-electron chi connectivity index (χ3n) is 1.68. The molecule has 0 saturated heterocycles. The summed E-state index contributed by atoms with van der Waals surface area (Å²) in [6.07, 6.45) is 5.88. The van der Waals surface area contributed by atoms with E-state index in [0.29, 0.717) is 6.42 Å². The largest absolute Gasteiger partial charge is 0.481 e. The zero-order chi connectivity index (χ0) is 11.9. The summed E-state index contributed by atoms with van der Waals surface area (Å²) in [5, 5.41) is 23.5. The van der Waals surface area contributed by atoms with Crippen LogP contribution in [0.1, 0.15) is 45.4 Å². The van der Waals surface area contributed by atoms with Gasteiger partial charge in [0, 0.05) is 6.42 Å². The third kappa shape index (κ3) is 24.7. The van der Waals surface area contributed by atoms with E-state index in [0.717, 1.165) is 12.8 Å². The minimum absolute atomic E-state index is 0. The standard InChI is InChI=1S/C8H16O2.C2H6O3/c1-2-3-4-5-6-7-8(9)10;3-1-2-5-4/h2-7H2,1H3,(H,9,10);3-4H,1-2H2.